The molecule has 0 N–H and O–H groups in total. The summed E-state index contributed by atoms with van der Waals surface area (Å²) in [6.45, 7) is 1.67. The molecule has 0 bridgehead atoms. The number of Topliss-reactive ketones (excluding diaryl/α,β-unsaturated/α-hetero) is 1. The smallest absolute Gasteiger partial charge is 0.311 e. The van der Waals surface area contributed by atoms with Gasteiger partial charge in [0.1, 0.15) is 6.61 Å². The van der Waals surface area contributed by atoms with Crippen LogP contribution >= 0.6 is 0 Å². The number of ether oxygens (including phenoxy) is 1. The Bertz CT molecular complexity index is 492. The van der Waals surface area contributed by atoms with Crippen LogP contribution in [-0.4, -0.2) is 17.3 Å². The first-order chi connectivity index (χ1) is 9.09. The molecule has 0 radical (unpaired) electrons. The quantitative estimate of drug-likeness (QED) is 0.604. The first-order valence-electron chi connectivity index (χ1n) is 6.49. The molecule has 1 aliphatic rings. The minimum atomic E-state index is -0.484. The van der Waals surface area contributed by atoms with Crippen LogP contribution in [0.1, 0.15) is 31.2 Å². The lowest BCUT2D eigenvalue weighted by molar-refractivity contribution is -0.385. The second-order valence-electron chi connectivity index (χ2n) is 4.92. The van der Waals surface area contributed by atoms with Gasteiger partial charge in [-0.1, -0.05) is 25.0 Å². The highest BCUT2D eigenvalue weighted by Crippen LogP contribution is 2.31. The second-order valence-corrected chi connectivity index (χ2v) is 4.92. The molecule has 19 heavy (non-hydrogen) atoms. The van der Waals surface area contributed by atoms with Crippen LogP contribution in [0.3, 0.4) is 0 Å². The van der Waals surface area contributed by atoms with Crippen molar-refractivity contribution in [1.82, 2.24) is 0 Å². The van der Waals surface area contributed by atoms with Crippen LogP contribution in [0.2, 0.25) is 0 Å². The number of carbonyl (C=O) groups excluding carboxylic acids is 1. The van der Waals surface area contributed by atoms with E-state index in [0.29, 0.717) is 5.56 Å². The third kappa shape index (κ3) is 3.10. The van der Waals surface area contributed by atoms with E-state index in [1.54, 1.807) is 19.1 Å². The van der Waals surface area contributed by atoms with Gasteiger partial charge in [0.05, 0.1) is 4.92 Å². The molecule has 0 spiro atoms. The van der Waals surface area contributed by atoms with Crippen LogP contribution in [0.4, 0.5) is 5.69 Å². The van der Waals surface area contributed by atoms with Gasteiger partial charge in [-0.25, -0.2) is 0 Å². The number of nitro groups is 1. The Kier molecular flexibility index (Phi) is 4.14. The maximum absolute atomic E-state index is 11.9. The number of carbonyl (C=O) groups is 1. The molecule has 5 nitrogen and oxygen atoms in total. The lowest BCUT2D eigenvalue weighted by atomic mass is 10.0. The van der Waals surface area contributed by atoms with E-state index >= 15 is 0 Å². The van der Waals surface area contributed by atoms with Crippen molar-refractivity contribution in [3.05, 3.63) is 33.9 Å². The van der Waals surface area contributed by atoms with Crippen molar-refractivity contribution in [3.63, 3.8) is 0 Å². The third-order valence-electron chi connectivity index (χ3n) is 3.56. The van der Waals surface area contributed by atoms with Gasteiger partial charge in [-0.2, -0.15) is 0 Å². The molecule has 0 atom stereocenters. The summed E-state index contributed by atoms with van der Waals surface area (Å²) in [7, 11) is 0. The highest BCUT2D eigenvalue weighted by Gasteiger charge is 2.24. The minimum absolute atomic E-state index is 0.0510. The van der Waals surface area contributed by atoms with Crippen molar-refractivity contribution in [2.24, 2.45) is 5.92 Å². The van der Waals surface area contributed by atoms with Crippen molar-refractivity contribution in [2.45, 2.75) is 32.6 Å². The summed E-state index contributed by atoms with van der Waals surface area (Å²) in [5, 5.41) is 10.9. The molecule has 0 unspecified atom stereocenters. The molecule has 0 aliphatic heterocycles. The van der Waals surface area contributed by atoms with Crippen LogP contribution in [0.25, 0.3) is 0 Å². The Morgan fingerprint density at radius 2 is 2.11 bits per heavy atom. The summed E-state index contributed by atoms with van der Waals surface area (Å²) >= 11 is 0. The normalized spacial score (nSPS) is 15.4. The lowest BCUT2D eigenvalue weighted by Crippen LogP contribution is -2.19. The molecule has 0 saturated heterocycles. The first-order valence-corrected chi connectivity index (χ1v) is 6.49. The topological polar surface area (TPSA) is 69.4 Å². The standard InChI is InChI=1S/C14H17NO4/c1-10-5-4-8-12(15(17)18)14(10)19-9-13(16)11-6-2-3-7-11/h4-5,8,11H,2-3,6-7,9H2,1H3. The summed E-state index contributed by atoms with van der Waals surface area (Å²) in [4.78, 5) is 22.3. The van der Waals surface area contributed by atoms with Gasteiger partial charge in [0, 0.05) is 12.0 Å². The van der Waals surface area contributed by atoms with Crippen molar-refractivity contribution >= 4 is 11.5 Å². The average molecular weight is 263 g/mol. The number of rotatable bonds is 5. The SMILES string of the molecule is Cc1cccc([N+](=O)[O-])c1OCC(=O)C1CCCC1. The minimum Gasteiger partial charge on any atom is -0.479 e. The molecule has 0 heterocycles. The molecule has 102 valence electrons. The van der Waals surface area contributed by atoms with E-state index in [-0.39, 0.29) is 29.7 Å². The first kappa shape index (κ1) is 13.5. The summed E-state index contributed by atoms with van der Waals surface area (Å²) in [6.07, 6.45) is 4.00. The number of nitro benzene ring substituents is 1. The van der Waals surface area contributed by atoms with Crippen molar-refractivity contribution in [3.8, 4) is 5.75 Å². The van der Waals surface area contributed by atoms with E-state index in [1.165, 1.54) is 6.07 Å². The Morgan fingerprint density at radius 1 is 1.42 bits per heavy atom. The maximum Gasteiger partial charge on any atom is 0.311 e. The maximum atomic E-state index is 11.9. The van der Waals surface area contributed by atoms with E-state index in [2.05, 4.69) is 0 Å². The number of aryl methyl sites for hydroxylation is 1. The summed E-state index contributed by atoms with van der Waals surface area (Å²) in [6, 6.07) is 4.74. The third-order valence-corrected chi connectivity index (χ3v) is 3.56. The average Bonchev–Trinajstić information content (AvgIpc) is 2.90. The number of para-hydroxylation sites is 1. The predicted molar refractivity (Wildman–Crippen MR) is 70.3 cm³/mol. The Hall–Kier alpha value is -1.91. The molecule has 1 fully saturated rings. The molecule has 1 saturated carbocycles. The number of ketones is 1. The Morgan fingerprint density at radius 3 is 2.74 bits per heavy atom. The van der Waals surface area contributed by atoms with Gasteiger partial charge in [0.15, 0.2) is 11.5 Å². The molecule has 0 amide bonds. The van der Waals surface area contributed by atoms with Gasteiger partial charge in [0.2, 0.25) is 0 Å². The zero-order chi connectivity index (χ0) is 13.8. The molecule has 5 heteroatoms. The monoisotopic (exact) mass is 263 g/mol. The van der Waals surface area contributed by atoms with Crippen molar-refractivity contribution < 1.29 is 14.5 Å². The van der Waals surface area contributed by atoms with Crippen LogP contribution in [0, 0.1) is 23.0 Å². The largest absolute Gasteiger partial charge is 0.479 e. The molecule has 0 aromatic heterocycles. The van der Waals surface area contributed by atoms with E-state index in [1.807, 2.05) is 0 Å². The van der Waals surface area contributed by atoms with Crippen molar-refractivity contribution in [2.75, 3.05) is 6.61 Å². The number of hydrogen-bond donors (Lipinski definition) is 0. The van der Waals surface area contributed by atoms with Crippen LogP contribution in [-0.2, 0) is 4.79 Å². The van der Waals surface area contributed by atoms with E-state index in [0.717, 1.165) is 25.7 Å². The lowest BCUT2D eigenvalue weighted by Gasteiger charge is -2.11. The Labute approximate surface area is 111 Å². The van der Waals surface area contributed by atoms with Gasteiger partial charge >= 0.3 is 5.69 Å². The van der Waals surface area contributed by atoms with E-state index in [9.17, 15) is 14.9 Å². The van der Waals surface area contributed by atoms with Crippen LogP contribution < -0.4 is 4.74 Å². The molecular formula is C14H17NO4. The van der Waals surface area contributed by atoms with Crippen molar-refractivity contribution in [1.29, 1.82) is 0 Å². The zero-order valence-electron chi connectivity index (χ0n) is 10.9. The van der Waals surface area contributed by atoms with Gasteiger partial charge in [0.25, 0.3) is 0 Å². The number of nitrogens with zero attached hydrogens (tertiary/aromatic N) is 1. The Balaban J connectivity index is 2.06. The fraction of sp³-hybridized carbons (Fsp3) is 0.500. The van der Waals surface area contributed by atoms with Crippen LogP contribution in [0.5, 0.6) is 5.75 Å². The molecular weight excluding hydrogens is 246 g/mol. The summed E-state index contributed by atoms with van der Waals surface area (Å²) in [5.74, 6) is 0.331. The molecule has 1 aliphatic carbocycles. The van der Waals surface area contributed by atoms with E-state index < -0.39 is 4.92 Å². The summed E-state index contributed by atoms with van der Waals surface area (Å²) < 4.78 is 5.41. The highest BCUT2D eigenvalue weighted by molar-refractivity contribution is 5.82. The zero-order valence-corrected chi connectivity index (χ0v) is 10.9. The van der Waals surface area contributed by atoms with Gasteiger partial charge in [-0.05, 0) is 25.3 Å². The van der Waals surface area contributed by atoms with E-state index in [4.69, 9.17) is 4.74 Å². The second kappa shape index (κ2) is 5.82. The highest BCUT2D eigenvalue weighted by atomic mass is 16.6. The predicted octanol–water partition coefficient (Wildman–Crippen LogP) is 3.04. The molecule has 1 aromatic carbocycles. The van der Waals surface area contributed by atoms with Gasteiger partial charge < -0.3 is 4.74 Å². The number of benzene rings is 1. The van der Waals surface area contributed by atoms with Gasteiger partial charge in [-0.3, -0.25) is 14.9 Å². The van der Waals surface area contributed by atoms with Gasteiger partial charge in [-0.15, -0.1) is 0 Å². The molecule has 1 aromatic rings. The fourth-order valence-corrected chi connectivity index (χ4v) is 2.48. The fourth-order valence-electron chi connectivity index (χ4n) is 2.48. The molecule has 2 rings (SSSR count). The van der Waals surface area contributed by atoms with Crippen LogP contribution in [0.15, 0.2) is 18.2 Å². The summed E-state index contributed by atoms with van der Waals surface area (Å²) in [5.41, 5.74) is 0.590. The number of hydrogen-bond acceptors (Lipinski definition) is 4.